The number of carbonyl (C=O) groups is 2. The van der Waals surface area contributed by atoms with Gasteiger partial charge in [-0.05, 0) is 59.7 Å². The van der Waals surface area contributed by atoms with Crippen molar-refractivity contribution in [3.63, 3.8) is 0 Å². The molecule has 3 aromatic rings. The first kappa shape index (κ1) is 22.2. The number of rotatable bonds is 6. The van der Waals surface area contributed by atoms with E-state index in [-0.39, 0.29) is 17.9 Å². The zero-order valence-electron chi connectivity index (χ0n) is 18.9. The number of nitrogens with zero attached hydrogens (tertiary/aromatic N) is 1. The van der Waals surface area contributed by atoms with Crippen molar-refractivity contribution in [2.75, 3.05) is 11.1 Å². The summed E-state index contributed by atoms with van der Waals surface area (Å²) in [5.74, 6) is -0.342. The zero-order valence-corrected chi connectivity index (χ0v) is 18.9. The molecule has 5 rings (SSSR count). The first-order chi connectivity index (χ1) is 17.1. The van der Waals surface area contributed by atoms with Crippen LogP contribution in [-0.2, 0) is 6.54 Å². The molecule has 3 aromatic carbocycles. The van der Waals surface area contributed by atoms with Gasteiger partial charge in [0.2, 0.25) is 0 Å². The third-order valence-corrected chi connectivity index (χ3v) is 5.93. The maximum Gasteiger partial charge on any atom is 0.255 e. The van der Waals surface area contributed by atoms with Crippen LogP contribution >= 0.6 is 0 Å². The number of nitrogens with two attached hydrogens (primary N) is 1. The molecule has 5 N–H and O–H groups in total. The van der Waals surface area contributed by atoms with Crippen molar-refractivity contribution in [3.8, 4) is 0 Å². The Kier molecular flexibility index (Phi) is 6.15. The SMILES string of the molecule is Nc1ccccc1NC(=O)c1ccc(CN2NC=C3C=C(NC(=O)c4ccccc4)C=CC32)cc1. The standard InChI is InChI=1S/C28H25N5O2/c29-24-8-4-5-9-25(24)32-28(35)21-12-10-19(11-13-21)18-33-26-15-14-23(16-22(26)17-30-33)31-27(34)20-6-2-1-3-7-20/h1-17,26,30H,18,29H2,(H,31,34)(H,32,35). The molecule has 1 unspecified atom stereocenters. The number of benzene rings is 3. The maximum absolute atomic E-state index is 12.6. The highest BCUT2D eigenvalue weighted by Crippen LogP contribution is 2.25. The lowest BCUT2D eigenvalue weighted by atomic mass is 10.0. The van der Waals surface area contributed by atoms with Crippen LogP contribution in [0.4, 0.5) is 11.4 Å². The number of anilines is 2. The fourth-order valence-electron chi connectivity index (χ4n) is 4.05. The van der Waals surface area contributed by atoms with Gasteiger partial charge in [0.15, 0.2) is 0 Å². The molecule has 0 saturated heterocycles. The Morgan fingerprint density at radius 3 is 2.31 bits per heavy atom. The summed E-state index contributed by atoms with van der Waals surface area (Å²) >= 11 is 0. The van der Waals surface area contributed by atoms with Gasteiger partial charge in [0, 0.05) is 29.6 Å². The lowest BCUT2D eigenvalue weighted by Crippen LogP contribution is -2.37. The van der Waals surface area contributed by atoms with Crippen molar-refractivity contribution in [1.82, 2.24) is 15.8 Å². The monoisotopic (exact) mass is 463 g/mol. The molecular formula is C28H25N5O2. The van der Waals surface area contributed by atoms with Crippen molar-refractivity contribution < 1.29 is 9.59 Å². The Balaban J connectivity index is 1.18. The van der Waals surface area contributed by atoms with Crippen LogP contribution in [0, 0.1) is 0 Å². The summed E-state index contributed by atoms with van der Waals surface area (Å²) in [5.41, 5.74) is 14.4. The molecule has 1 heterocycles. The molecule has 0 fully saturated rings. The van der Waals surface area contributed by atoms with Crippen LogP contribution in [0.15, 0.2) is 115 Å². The fourth-order valence-corrected chi connectivity index (χ4v) is 4.05. The molecule has 7 nitrogen and oxygen atoms in total. The Labute approximate surface area is 203 Å². The molecule has 1 aliphatic heterocycles. The van der Waals surface area contributed by atoms with Crippen molar-refractivity contribution in [1.29, 1.82) is 0 Å². The van der Waals surface area contributed by atoms with E-state index >= 15 is 0 Å². The molecule has 2 aliphatic rings. The van der Waals surface area contributed by atoms with Crippen LogP contribution in [0.25, 0.3) is 0 Å². The minimum atomic E-state index is -0.205. The van der Waals surface area contributed by atoms with Crippen molar-refractivity contribution >= 4 is 23.2 Å². The molecule has 1 atom stereocenters. The number of para-hydroxylation sites is 2. The topological polar surface area (TPSA) is 99.5 Å². The summed E-state index contributed by atoms with van der Waals surface area (Å²) in [6, 6.07) is 23.9. The number of nitrogens with one attached hydrogen (secondary N) is 3. The van der Waals surface area contributed by atoms with E-state index in [0.29, 0.717) is 29.0 Å². The number of fused-ring (bicyclic) bond motifs is 1. The van der Waals surface area contributed by atoms with E-state index in [4.69, 9.17) is 5.73 Å². The molecule has 0 saturated carbocycles. The smallest absolute Gasteiger partial charge is 0.255 e. The van der Waals surface area contributed by atoms with Crippen molar-refractivity contribution in [3.05, 3.63) is 131 Å². The lowest BCUT2D eigenvalue weighted by molar-refractivity contribution is 0.0966. The number of carbonyl (C=O) groups excluding carboxylic acids is 2. The molecule has 1 aliphatic carbocycles. The molecule has 35 heavy (non-hydrogen) atoms. The van der Waals surface area contributed by atoms with E-state index < -0.39 is 0 Å². The second kappa shape index (κ2) is 9.70. The van der Waals surface area contributed by atoms with Gasteiger partial charge in [-0.25, -0.2) is 5.01 Å². The quantitative estimate of drug-likeness (QED) is 0.415. The van der Waals surface area contributed by atoms with E-state index in [1.54, 1.807) is 24.3 Å². The van der Waals surface area contributed by atoms with Gasteiger partial charge in [0.05, 0.1) is 17.4 Å². The van der Waals surface area contributed by atoms with Gasteiger partial charge < -0.3 is 21.8 Å². The van der Waals surface area contributed by atoms with Crippen LogP contribution in [0.5, 0.6) is 0 Å². The minimum absolute atomic E-state index is 0.0522. The average Bonchev–Trinajstić information content (AvgIpc) is 3.28. The van der Waals surface area contributed by atoms with Crippen LogP contribution in [0.3, 0.4) is 0 Å². The predicted molar refractivity (Wildman–Crippen MR) is 137 cm³/mol. The maximum atomic E-state index is 12.6. The predicted octanol–water partition coefficient (Wildman–Crippen LogP) is 3.98. The molecule has 0 radical (unpaired) electrons. The third kappa shape index (κ3) is 5.00. The van der Waals surface area contributed by atoms with Crippen molar-refractivity contribution in [2.45, 2.75) is 12.6 Å². The Morgan fingerprint density at radius 2 is 1.54 bits per heavy atom. The number of amides is 2. The summed E-state index contributed by atoms with van der Waals surface area (Å²) in [5, 5.41) is 7.89. The molecule has 0 aromatic heterocycles. The highest BCUT2D eigenvalue weighted by atomic mass is 16.2. The highest BCUT2D eigenvalue weighted by molar-refractivity contribution is 6.05. The molecule has 2 amide bonds. The van der Waals surface area contributed by atoms with Crippen LogP contribution in [-0.4, -0.2) is 22.9 Å². The summed E-state index contributed by atoms with van der Waals surface area (Å²) in [4.78, 5) is 25.0. The van der Waals surface area contributed by atoms with Gasteiger partial charge >= 0.3 is 0 Å². The summed E-state index contributed by atoms with van der Waals surface area (Å²) in [6.45, 7) is 0.641. The number of hydrogen-bond donors (Lipinski definition) is 4. The molecule has 0 bridgehead atoms. The molecule has 7 heteroatoms. The van der Waals surface area contributed by atoms with Crippen LogP contribution in [0.2, 0.25) is 0 Å². The van der Waals surface area contributed by atoms with E-state index in [0.717, 1.165) is 16.8 Å². The minimum Gasteiger partial charge on any atom is -0.397 e. The lowest BCUT2D eigenvalue weighted by Gasteiger charge is -2.25. The third-order valence-electron chi connectivity index (χ3n) is 5.93. The van der Waals surface area contributed by atoms with E-state index in [2.05, 4.69) is 27.1 Å². The summed E-state index contributed by atoms with van der Waals surface area (Å²) < 4.78 is 0. The normalized spacial score (nSPS) is 16.5. The second-order valence-corrected chi connectivity index (χ2v) is 8.36. The summed E-state index contributed by atoms with van der Waals surface area (Å²) in [6.07, 6.45) is 7.89. The average molecular weight is 464 g/mol. The largest absolute Gasteiger partial charge is 0.397 e. The van der Waals surface area contributed by atoms with Gasteiger partial charge in [-0.3, -0.25) is 9.59 Å². The van der Waals surface area contributed by atoms with Crippen LogP contribution in [0.1, 0.15) is 26.3 Å². The molecule has 174 valence electrons. The van der Waals surface area contributed by atoms with Crippen LogP contribution < -0.4 is 21.8 Å². The number of hydrazine groups is 1. The number of nitrogen functional groups attached to an aromatic ring is 1. The highest BCUT2D eigenvalue weighted by Gasteiger charge is 2.27. The molecular weight excluding hydrogens is 438 g/mol. The Hall–Kier alpha value is -4.62. The van der Waals surface area contributed by atoms with Crippen molar-refractivity contribution in [2.24, 2.45) is 0 Å². The Morgan fingerprint density at radius 1 is 0.857 bits per heavy atom. The summed E-state index contributed by atoms with van der Waals surface area (Å²) in [7, 11) is 0. The Bertz CT molecular complexity index is 1340. The number of hydrogen-bond acceptors (Lipinski definition) is 5. The second-order valence-electron chi connectivity index (χ2n) is 8.36. The zero-order chi connectivity index (χ0) is 24.2. The van der Waals surface area contributed by atoms with Gasteiger partial charge in [-0.15, -0.1) is 0 Å². The van der Waals surface area contributed by atoms with Gasteiger partial charge in [-0.1, -0.05) is 48.5 Å². The van der Waals surface area contributed by atoms with Gasteiger partial charge in [-0.2, -0.15) is 0 Å². The van der Waals surface area contributed by atoms with E-state index in [9.17, 15) is 9.59 Å². The van der Waals surface area contributed by atoms with Gasteiger partial charge in [0.25, 0.3) is 11.8 Å². The fraction of sp³-hybridized carbons (Fsp3) is 0.0714. The first-order valence-electron chi connectivity index (χ1n) is 11.3. The molecule has 0 spiro atoms. The van der Waals surface area contributed by atoms with E-state index in [1.165, 1.54) is 0 Å². The first-order valence-corrected chi connectivity index (χ1v) is 11.3. The number of allylic oxidation sites excluding steroid dienone is 1. The van der Waals surface area contributed by atoms with E-state index in [1.807, 2.05) is 72.9 Å². The van der Waals surface area contributed by atoms with Gasteiger partial charge in [0.1, 0.15) is 0 Å².